The minimum atomic E-state index is -1.16. The van der Waals surface area contributed by atoms with E-state index in [-0.39, 0.29) is 17.9 Å². The molecule has 0 saturated heterocycles. The summed E-state index contributed by atoms with van der Waals surface area (Å²) < 4.78 is 4.79. The topological polar surface area (TPSA) is 79.4 Å². The zero-order valence-electron chi connectivity index (χ0n) is 8.88. The number of carbonyl (C=O) groups excluding carboxylic acids is 1. The molecule has 0 aliphatic rings. The largest absolute Gasteiger partial charge is 0.477 e. The van der Waals surface area contributed by atoms with Crippen molar-refractivity contribution in [2.75, 3.05) is 6.61 Å². The van der Waals surface area contributed by atoms with Gasteiger partial charge in [0.25, 0.3) is 0 Å². The van der Waals surface area contributed by atoms with Crippen molar-refractivity contribution >= 4 is 11.9 Å². The molecule has 0 fully saturated rings. The molecule has 2 N–H and O–H groups in total. The number of nitrogens with one attached hydrogen (secondary N) is 1. The van der Waals surface area contributed by atoms with Gasteiger partial charge in [0, 0.05) is 5.69 Å². The van der Waals surface area contributed by atoms with Gasteiger partial charge in [-0.1, -0.05) is 0 Å². The summed E-state index contributed by atoms with van der Waals surface area (Å²) in [5.41, 5.74) is 1.28. The molecule has 0 aromatic carbocycles. The maximum absolute atomic E-state index is 11.5. The van der Waals surface area contributed by atoms with Crippen molar-refractivity contribution in [1.29, 1.82) is 0 Å². The van der Waals surface area contributed by atoms with Crippen molar-refractivity contribution in [2.45, 2.75) is 20.8 Å². The van der Waals surface area contributed by atoms with Gasteiger partial charge in [0.15, 0.2) is 0 Å². The van der Waals surface area contributed by atoms with E-state index in [4.69, 9.17) is 9.84 Å². The lowest BCUT2D eigenvalue weighted by molar-refractivity contribution is 0.0513. The molecule has 0 bridgehead atoms. The van der Waals surface area contributed by atoms with Crippen LogP contribution in [0, 0.1) is 13.8 Å². The van der Waals surface area contributed by atoms with E-state index < -0.39 is 11.9 Å². The number of carbonyl (C=O) groups is 2. The number of esters is 1. The van der Waals surface area contributed by atoms with Crippen LogP contribution in [0.2, 0.25) is 0 Å². The lowest BCUT2D eigenvalue weighted by atomic mass is 10.1. The van der Waals surface area contributed by atoms with Crippen molar-refractivity contribution in [1.82, 2.24) is 4.98 Å². The molecule has 0 aliphatic heterocycles. The van der Waals surface area contributed by atoms with Crippen LogP contribution in [0.1, 0.15) is 39.0 Å². The fourth-order valence-electron chi connectivity index (χ4n) is 1.34. The molecule has 0 unspecified atom stereocenters. The summed E-state index contributed by atoms with van der Waals surface area (Å²) in [5, 5.41) is 8.88. The predicted octanol–water partition coefficient (Wildman–Crippen LogP) is 1.51. The van der Waals surface area contributed by atoms with Crippen LogP contribution >= 0.6 is 0 Å². The molecule has 0 saturated carbocycles. The SMILES string of the molecule is CCOC(=O)c1c(C(=O)O)[nH]c(C)c1C. The van der Waals surface area contributed by atoms with Crippen LogP contribution in [0.3, 0.4) is 0 Å². The summed E-state index contributed by atoms with van der Waals surface area (Å²) in [6.45, 7) is 5.30. The monoisotopic (exact) mass is 211 g/mol. The predicted molar refractivity (Wildman–Crippen MR) is 53.2 cm³/mol. The average Bonchev–Trinajstić information content (AvgIpc) is 2.44. The summed E-state index contributed by atoms with van der Waals surface area (Å²) in [5.74, 6) is -1.76. The smallest absolute Gasteiger partial charge is 0.353 e. The van der Waals surface area contributed by atoms with Gasteiger partial charge >= 0.3 is 11.9 Å². The van der Waals surface area contributed by atoms with E-state index in [2.05, 4.69) is 4.98 Å². The Morgan fingerprint density at radius 3 is 2.47 bits per heavy atom. The summed E-state index contributed by atoms with van der Waals surface area (Å²) in [4.78, 5) is 25.0. The van der Waals surface area contributed by atoms with Crippen molar-refractivity contribution in [3.63, 3.8) is 0 Å². The lowest BCUT2D eigenvalue weighted by Crippen LogP contribution is -2.11. The van der Waals surface area contributed by atoms with Crippen LogP contribution < -0.4 is 0 Å². The second-order valence-electron chi connectivity index (χ2n) is 3.15. The van der Waals surface area contributed by atoms with Gasteiger partial charge in [-0.2, -0.15) is 0 Å². The van der Waals surface area contributed by atoms with E-state index in [0.29, 0.717) is 11.3 Å². The summed E-state index contributed by atoms with van der Waals surface area (Å²) in [7, 11) is 0. The third-order valence-corrected chi connectivity index (χ3v) is 2.19. The van der Waals surface area contributed by atoms with Gasteiger partial charge in [0.2, 0.25) is 0 Å². The number of carboxylic acids is 1. The van der Waals surface area contributed by atoms with E-state index in [1.165, 1.54) is 0 Å². The van der Waals surface area contributed by atoms with E-state index in [1.807, 2.05) is 0 Å². The van der Waals surface area contributed by atoms with Crippen LogP contribution in [0.15, 0.2) is 0 Å². The quantitative estimate of drug-likeness (QED) is 0.742. The molecule has 0 radical (unpaired) electrons. The Bertz CT molecular complexity index is 406. The van der Waals surface area contributed by atoms with Crippen LogP contribution in [0.5, 0.6) is 0 Å². The normalized spacial score (nSPS) is 10.1. The first-order valence-electron chi connectivity index (χ1n) is 4.58. The van der Waals surface area contributed by atoms with Gasteiger partial charge in [0.05, 0.1) is 12.2 Å². The molecule has 1 heterocycles. The van der Waals surface area contributed by atoms with Crippen LogP contribution in [0.4, 0.5) is 0 Å². The Morgan fingerprint density at radius 2 is 2.00 bits per heavy atom. The number of H-pyrrole nitrogens is 1. The van der Waals surface area contributed by atoms with Gasteiger partial charge in [-0.15, -0.1) is 0 Å². The third-order valence-electron chi connectivity index (χ3n) is 2.19. The van der Waals surface area contributed by atoms with Gasteiger partial charge < -0.3 is 14.8 Å². The lowest BCUT2D eigenvalue weighted by Gasteiger charge is -2.02. The number of carboxylic acid groups (broad SMARTS) is 1. The fourth-order valence-corrected chi connectivity index (χ4v) is 1.34. The average molecular weight is 211 g/mol. The maximum atomic E-state index is 11.5. The first-order chi connectivity index (χ1) is 6.99. The molecular weight excluding hydrogens is 198 g/mol. The third kappa shape index (κ3) is 2.01. The first kappa shape index (κ1) is 11.3. The standard InChI is InChI=1S/C10H13NO4/c1-4-15-10(14)7-5(2)6(3)11-8(7)9(12)13/h11H,4H2,1-3H3,(H,12,13). The van der Waals surface area contributed by atoms with Crippen LogP contribution in [0.25, 0.3) is 0 Å². The number of aromatic carboxylic acids is 1. The molecule has 5 nitrogen and oxygen atoms in total. The highest BCUT2D eigenvalue weighted by Gasteiger charge is 2.23. The number of aromatic nitrogens is 1. The van der Waals surface area contributed by atoms with Crippen LogP contribution in [-0.4, -0.2) is 28.6 Å². The second kappa shape index (κ2) is 4.16. The van der Waals surface area contributed by atoms with Crippen molar-refractivity contribution in [3.05, 3.63) is 22.5 Å². The Balaban J connectivity index is 3.25. The Labute approximate surface area is 87.1 Å². The molecule has 0 aliphatic carbocycles. The number of hydrogen-bond acceptors (Lipinski definition) is 3. The summed E-state index contributed by atoms with van der Waals surface area (Å²) in [6, 6.07) is 0. The minimum absolute atomic E-state index is 0.108. The van der Waals surface area contributed by atoms with Crippen LogP contribution in [-0.2, 0) is 4.74 Å². The highest BCUT2D eigenvalue weighted by molar-refractivity contribution is 6.02. The molecule has 1 rings (SSSR count). The Morgan fingerprint density at radius 1 is 1.40 bits per heavy atom. The highest BCUT2D eigenvalue weighted by Crippen LogP contribution is 2.18. The maximum Gasteiger partial charge on any atom is 0.353 e. The van der Waals surface area contributed by atoms with E-state index in [0.717, 1.165) is 0 Å². The van der Waals surface area contributed by atoms with Crippen molar-refractivity contribution < 1.29 is 19.4 Å². The van der Waals surface area contributed by atoms with E-state index in [1.54, 1.807) is 20.8 Å². The molecule has 1 aromatic rings. The molecule has 0 amide bonds. The number of aromatic amines is 1. The van der Waals surface area contributed by atoms with E-state index in [9.17, 15) is 9.59 Å². The molecule has 1 aromatic heterocycles. The number of rotatable bonds is 3. The zero-order chi connectivity index (χ0) is 11.6. The Hall–Kier alpha value is -1.78. The molecule has 0 atom stereocenters. The Kier molecular flexibility index (Phi) is 3.14. The molecule has 15 heavy (non-hydrogen) atoms. The molecule has 5 heteroatoms. The molecular formula is C10H13NO4. The number of ether oxygens (including phenoxy) is 1. The first-order valence-corrected chi connectivity index (χ1v) is 4.58. The minimum Gasteiger partial charge on any atom is -0.477 e. The molecule has 82 valence electrons. The van der Waals surface area contributed by atoms with Gasteiger partial charge in [-0.25, -0.2) is 9.59 Å². The van der Waals surface area contributed by atoms with Gasteiger partial charge in [-0.05, 0) is 26.3 Å². The highest BCUT2D eigenvalue weighted by atomic mass is 16.5. The van der Waals surface area contributed by atoms with Crippen molar-refractivity contribution in [3.8, 4) is 0 Å². The summed E-state index contributed by atoms with van der Waals surface area (Å²) in [6.07, 6.45) is 0. The molecule has 0 spiro atoms. The fraction of sp³-hybridized carbons (Fsp3) is 0.400. The van der Waals surface area contributed by atoms with E-state index >= 15 is 0 Å². The van der Waals surface area contributed by atoms with Crippen molar-refractivity contribution in [2.24, 2.45) is 0 Å². The zero-order valence-corrected chi connectivity index (χ0v) is 8.88. The van der Waals surface area contributed by atoms with Gasteiger partial charge in [-0.3, -0.25) is 0 Å². The number of hydrogen-bond donors (Lipinski definition) is 2. The van der Waals surface area contributed by atoms with Gasteiger partial charge in [0.1, 0.15) is 5.69 Å². The second-order valence-corrected chi connectivity index (χ2v) is 3.15. The number of aryl methyl sites for hydroxylation is 1. The summed E-state index contributed by atoms with van der Waals surface area (Å²) >= 11 is 0.